The van der Waals surface area contributed by atoms with E-state index in [4.69, 9.17) is 0 Å². The quantitative estimate of drug-likeness (QED) is 0.910. The van der Waals surface area contributed by atoms with Crippen LogP contribution in [0.5, 0.6) is 0 Å². The van der Waals surface area contributed by atoms with Gasteiger partial charge in [0.25, 0.3) is 5.91 Å². The Hall–Kier alpha value is -2.17. The van der Waals surface area contributed by atoms with Crippen molar-refractivity contribution in [2.45, 2.75) is 32.6 Å². The van der Waals surface area contributed by atoms with Crippen molar-refractivity contribution in [3.8, 4) is 0 Å². The molecule has 1 aliphatic carbocycles. The molecule has 2 aromatic rings. The Morgan fingerprint density at radius 3 is 2.95 bits per heavy atom. The van der Waals surface area contributed by atoms with E-state index in [0.717, 1.165) is 36.1 Å². The summed E-state index contributed by atoms with van der Waals surface area (Å²) in [5.74, 6) is -0.127. The summed E-state index contributed by atoms with van der Waals surface area (Å²) in [5, 5.41) is 7.34. The van der Waals surface area contributed by atoms with Gasteiger partial charge in [0, 0.05) is 36.4 Å². The molecule has 0 saturated heterocycles. The van der Waals surface area contributed by atoms with Crippen LogP contribution in [0.3, 0.4) is 0 Å². The van der Waals surface area contributed by atoms with Crippen molar-refractivity contribution >= 4 is 11.6 Å². The molecule has 0 unspecified atom stereocenters. The fourth-order valence-electron chi connectivity index (χ4n) is 2.75. The Bertz CT molecular complexity index is 660. The fraction of sp³-hybridized carbons (Fsp3) is 0.400. The standard InChI is InChI=1S/C15H18N4O/c1-10-9-16-8-7-12(10)17-15(20)14-11-5-3-4-6-13(11)19(2)18-14/h7-9H,3-6H2,1-2H3,(H,16,17,20). The summed E-state index contributed by atoms with van der Waals surface area (Å²) in [5.41, 5.74) is 4.63. The first kappa shape index (κ1) is 12.8. The minimum Gasteiger partial charge on any atom is -0.320 e. The summed E-state index contributed by atoms with van der Waals surface area (Å²) in [6.45, 7) is 1.93. The molecule has 3 rings (SSSR count). The molecule has 1 amide bonds. The zero-order valence-corrected chi connectivity index (χ0v) is 11.8. The highest BCUT2D eigenvalue weighted by atomic mass is 16.2. The van der Waals surface area contributed by atoms with Crippen LogP contribution < -0.4 is 5.32 Å². The molecule has 104 valence electrons. The first-order valence-electron chi connectivity index (χ1n) is 6.93. The monoisotopic (exact) mass is 270 g/mol. The highest BCUT2D eigenvalue weighted by Gasteiger charge is 2.23. The maximum atomic E-state index is 12.4. The third kappa shape index (κ3) is 2.19. The normalized spacial score (nSPS) is 13.9. The molecule has 0 atom stereocenters. The number of anilines is 1. The molecule has 2 aromatic heterocycles. The summed E-state index contributed by atoms with van der Waals surface area (Å²) < 4.78 is 1.85. The van der Waals surface area contributed by atoms with Gasteiger partial charge in [0.15, 0.2) is 5.69 Å². The second kappa shape index (κ2) is 5.07. The van der Waals surface area contributed by atoms with Crippen LogP contribution in [-0.4, -0.2) is 20.7 Å². The molecular weight excluding hydrogens is 252 g/mol. The van der Waals surface area contributed by atoms with Gasteiger partial charge in [0.1, 0.15) is 0 Å². The summed E-state index contributed by atoms with van der Waals surface area (Å²) >= 11 is 0. The van der Waals surface area contributed by atoms with Crippen molar-refractivity contribution in [2.24, 2.45) is 7.05 Å². The van der Waals surface area contributed by atoms with Crippen LogP contribution in [0.25, 0.3) is 0 Å². The third-order valence-corrected chi connectivity index (χ3v) is 3.85. The van der Waals surface area contributed by atoms with E-state index in [-0.39, 0.29) is 5.91 Å². The summed E-state index contributed by atoms with van der Waals surface area (Å²) in [7, 11) is 1.92. The van der Waals surface area contributed by atoms with Crippen molar-refractivity contribution in [3.63, 3.8) is 0 Å². The summed E-state index contributed by atoms with van der Waals surface area (Å²) in [6, 6.07) is 1.81. The van der Waals surface area contributed by atoms with Crippen LogP contribution in [-0.2, 0) is 19.9 Å². The Balaban J connectivity index is 1.90. The first-order valence-corrected chi connectivity index (χ1v) is 6.93. The molecule has 20 heavy (non-hydrogen) atoms. The fourth-order valence-corrected chi connectivity index (χ4v) is 2.75. The van der Waals surface area contributed by atoms with Gasteiger partial charge in [-0.15, -0.1) is 0 Å². The maximum absolute atomic E-state index is 12.4. The Morgan fingerprint density at radius 2 is 2.15 bits per heavy atom. The number of hydrogen-bond acceptors (Lipinski definition) is 3. The van der Waals surface area contributed by atoms with Gasteiger partial charge in [0.05, 0.1) is 0 Å². The van der Waals surface area contributed by atoms with Gasteiger partial charge >= 0.3 is 0 Å². The van der Waals surface area contributed by atoms with E-state index < -0.39 is 0 Å². The van der Waals surface area contributed by atoms with Crippen molar-refractivity contribution in [2.75, 3.05) is 5.32 Å². The zero-order chi connectivity index (χ0) is 14.1. The van der Waals surface area contributed by atoms with Crippen LogP contribution in [0.1, 0.15) is 40.2 Å². The SMILES string of the molecule is Cc1cnccc1NC(=O)c1nn(C)c2c1CCCC2. The van der Waals surface area contributed by atoms with Crippen LogP contribution in [0, 0.1) is 6.92 Å². The molecule has 5 heteroatoms. The van der Waals surface area contributed by atoms with Gasteiger partial charge in [-0.1, -0.05) is 0 Å². The molecule has 5 nitrogen and oxygen atoms in total. The molecule has 0 spiro atoms. The average Bonchev–Trinajstić information content (AvgIpc) is 2.79. The smallest absolute Gasteiger partial charge is 0.276 e. The average molecular weight is 270 g/mol. The number of amides is 1. The van der Waals surface area contributed by atoms with Gasteiger partial charge in [-0.2, -0.15) is 5.10 Å². The topological polar surface area (TPSA) is 59.8 Å². The molecule has 0 fully saturated rings. The first-order chi connectivity index (χ1) is 9.66. The van der Waals surface area contributed by atoms with Gasteiger partial charge in [-0.25, -0.2) is 0 Å². The second-order valence-corrected chi connectivity index (χ2v) is 5.25. The molecule has 0 saturated carbocycles. The Kier molecular flexibility index (Phi) is 3.26. The number of pyridine rings is 1. The largest absolute Gasteiger partial charge is 0.320 e. The van der Waals surface area contributed by atoms with Crippen LogP contribution >= 0.6 is 0 Å². The third-order valence-electron chi connectivity index (χ3n) is 3.85. The van der Waals surface area contributed by atoms with Crippen molar-refractivity contribution in [3.05, 3.63) is 41.0 Å². The Labute approximate surface area is 118 Å². The molecule has 1 aliphatic rings. The minimum atomic E-state index is -0.127. The number of rotatable bonds is 2. The highest BCUT2D eigenvalue weighted by Crippen LogP contribution is 2.24. The van der Waals surface area contributed by atoms with E-state index in [9.17, 15) is 4.79 Å². The predicted molar refractivity (Wildman–Crippen MR) is 76.8 cm³/mol. The lowest BCUT2D eigenvalue weighted by Crippen LogP contribution is -2.16. The van der Waals surface area contributed by atoms with Crippen molar-refractivity contribution in [1.29, 1.82) is 0 Å². The number of aromatic nitrogens is 3. The minimum absolute atomic E-state index is 0.127. The lowest BCUT2D eigenvalue weighted by Gasteiger charge is -2.12. The lowest BCUT2D eigenvalue weighted by atomic mass is 9.95. The number of carbonyl (C=O) groups is 1. The predicted octanol–water partition coefficient (Wildman–Crippen LogP) is 2.25. The maximum Gasteiger partial charge on any atom is 0.276 e. The second-order valence-electron chi connectivity index (χ2n) is 5.25. The molecule has 0 bridgehead atoms. The van der Waals surface area contributed by atoms with Gasteiger partial charge in [0.2, 0.25) is 0 Å². The van der Waals surface area contributed by atoms with Gasteiger partial charge in [-0.3, -0.25) is 14.5 Å². The van der Waals surface area contributed by atoms with E-state index in [1.165, 1.54) is 12.1 Å². The molecule has 0 aromatic carbocycles. The van der Waals surface area contributed by atoms with Crippen molar-refractivity contribution < 1.29 is 4.79 Å². The molecule has 1 N–H and O–H groups in total. The number of nitrogens with zero attached hydrogens (tertiary/aromatic N) is 3. The summed E-state index contributed by atoms with van der Waals surface area (Å²) in [6.07, 6.45) is 7.69. The molecule has 0 aliphatic heterocycles. The lowest BCUT2D eigenvalue weighted by molar-refractivity contribution is 0.102. The molecule has 2 heterocycles. The number of nitrogens with one attached hydrogen (secondary N) is 1. The van der Waals surface area contributed by atoms with Gasteiger partial charge < -0.3 is 5.32 Å². The molecule has 0 radical (unpaired) electrons. The number of carbonyl (C=O) groups excluding carboxylic acids is 1. The number of fused-ring (bicyclic) bond motifs is 1. The number of aryl methyl sites for hydroxylation is 2. The van der Waals surface area contributed by atoms with E-state index in [1.807, 2.05) is 24.7 Å². The summed E-state index contributed by atoms with van der Waals surface area (Å²) in [4.78, 5) is 16.5. The van der Waals surface area contributed by atoms with E-state index in [0.29, 0.717) is 5.69 Å². The van der Waals surface area contributed by atoms with Crippen LogP contribution in [0.4, 0.5) is 5.69 Å². The molecular formula is C15H18N4O. The number of hydrogen-bond donors (Lipinski definition) is 1. The van der Waals surface area contributed by atoms with E-state index in [2.05, 4.69) is 15.4 Å². The Morgan fingerprint density at radius 1 is 1.35 bits per heavy atom. The highest BCUT2D eigenvalue weighted by molar-refractivity contribution is 6.04. The van der Waals surface area contributed by atoms with E-state index >= 15 is 0 Å². The zero-order valence-electron chi connectivity index (χ0n) is 11.8. The van der Waals surface area contributed by atoms with Crippen LogP contribution in [0.15, 0.2) is 18.5 Å². The van der Waals surface area contributed by atoms with Gasteiger partial charge in [-0.05, 0) is 44.2 Å². The van der Waals surface area contributed by atoms with Crippen molar-refractivity contribution in [1.82, 2.24) is 14.8 Å². The van der Waals surface area contributed by atoms with Crippen LogP contribution in [0.2, 0.25) is 0 Å². The van der Waals surface area contributed by atoms with E-state index in [1.54, 1.807) is 12.4 Å².